The van der Waals surface area contributed by atoms with Crippen LogP contribution < -0.4 is 15.5 Å². The molecule has 0 aliphatic rings. The molecule has 4 rings (SSSR count). The summed E-state index contributed by atoms with van der Waals surface area (Å²) in [6.45, 7) is 1.34. The number of rotatable bonds is 8. The minimum absolute atomic E-state index is 0.0701. The summed E-state index contributed by atoms with van der Waals surface area (Å²) in [5.74, 6) is -0.116. The molecule has 0 bridgehead atoms. The molecule has 34 heavy (non-hydrogen) atoms. The van der Waals surface area contributed by atoms with Crippen molar-refractivity contribution in [2.24, 2.45) is 0 Å². The normalized spacial score (nSPS) is 10.9. The van der Waals surface area contributed by atoms with Gasteiger partial charge < -0.3 is 20.6 Å². The van der Waals surface area contributed by atoms with E-state index in [1.165, 1.54) is 6.07 Å². The number of nitrogens with one attached hydrogen (secondary N) is 2. The van der Waals surface area contributed by atoms with Crippen LogP contribution in [0.25, 0.3) is 21.8 Å². The van der Waals surface area contributed by atoms with E-state index >= 15 is 0 Å². The summed E-state index contributed by atoms with van der Waals surface area (Å²) in [6.07, 6.45) is 0. The van der Waals surface area contributed by atoms with E-state index < -0.39 is 12.0 Å². The monoisotopic (exact) mass is 496 g/mol. The third-order valence-electron chi connectivity index (χ3n) is 5.38. The van der Waals surface area contributed by atoms with Crippen molar-refractivity contribution < 1.29 is 14.7 Å². The van der Waals surface area contributed by atoms with E-state index in [1.807, 2.05) is 30.3 Å². The number of carbonyl (C=O) groups excluding carboxylic acids is 1. The highest BCUT2D eigenvalue weighted by Crippen LogP contribution is 2.32. The molecule has 7 nitrogen and oxygen atoms in total. The van der Waals surface area contributed by atoms with Crippen LogP contribution in [-0.2, 0) is 0 Å². The highest BCUT2D eigenvalue weighted by atomic mass is 35.5. The molecule has 4 aromatic rings. The zero-order chi connectivity index (χ0) is 24.1. The van der Waals surface area contributed by atoms with Gasteiger partial charge in [0, 0.05) is 47.0 Å². The Balaban J connectivity index is 1.63. The van der Waals surface area contributed by atoms with Gasteiger partial charge in [-0.15, -0.1) is 23.2 Å². The van der Waals surface area contributed by atoms with E-state index in [4.69, 9.17) is 23.2 Å². The lowest BCUT2D eigenvalue weighted by molar-refractivity contribution is 0.0699. The van der Waals surface area contributed by atoms with Gasteiger partial charge in [0.1, 0.15) is 0 Å². The first kappa shape index (κ1) is 23.6. The Morgan fingerprint density at radius 2 is 1.53 bits per heavy atom. The molecule has 9 heteroatoms. The fraction of sp³-hybridized carbons (Fsp3) is 0.160. The molecule has 0 aliphatic carbocycles. The maximum absolute atomic E-state index is 12.9. The summed E-state index contributed by atoms with van der Waals surface area (Å²) in [5.41, 5.74) is 3.02. The van der Waals surface area contributed by atoms with Gasteiger partial charge in [-0.1, -0.05) is 30.3 Å². The highest BCUT2D eigenvalue weighted by molar-refractivity contribution is 6.19. The number of anilines is 3. The minimum Gasteiger partial charge on any atom is -0.478 e. The van der Waals surface area contributed by atoms with Crippen molar-refractivity contribution in [3.63, 3.8) is 0 Å². The molecule has 2 amide bonds. The number of carboxylic acids is 1. The number of halogens is 2. The number of aromatic carboxylic acids is 1. The van der Waals surface area contributed by atoms with Crippen LogP contribution in [0.3, 0.4) is 0 Å². The van der Waals surface area contributed by atoms with Crippen LogP contribution in [0, 0.1) is 0 Å². The topological polar surface area (TPSA) is 94.6 Å². The maximum Gasteiger partial charge on any atom is 0.337 e. The number of urea groups is 1. The zero-order valence-corrected chi connectivity index (χ0v) is 19.6. The number of hydrogen-bond donors (Lipinski definition) is 3. The predicted molar refractivity (Wildman–Crippen MR) is 139 cm³/mol. The molecule has 0 atom stereocenters. The van der Waals surface area contributed by atoms with E-state index in [9.17, 15) is 14.7 Å². The number of carboxylic acid groups (broad SMARTS) is 1. The van der Waals surface area contributed by atoms with Gasteiger partial charge in [-0.25, -0.2) is 14.6 Å². The SMILES string of the molecule is O=C(Nc1ccc(N(CCCl)CCCl)cc1)Nc1c2ccccc2nc2c(C(=O)O)cccc12. The van der Waals surface area contributed by atoms with Crippen LogP contribution in [0.1, 0.15) is 10.4 Å². The lowest BCUT2D eigenvalue weighted by atomic mass is 10.0. The lowest BCUT2D eigenvalue weighted by Gasteiger charge is -2.23. The second-order valence-electron chi connectivity index (χ2n) is 7.50. The average Bonchev–Trinajstić information content (AvgIpc) is 2.84. The zero-order valence-electron chi connectivity index (χ0n) is 18.1. The number of nitrogens with zero attached hydrogens (tertiary/aromatic N) is 2. The van der Waals surface area contributed by atoms with E-state index in [2.05, 4.69) is 20.5 Å². The largest absolute Gasteiger partial charge is 0.478 e. The van der Waals surface area contributed by atoms with Crippen molar-refractivity contribution in [3.8, 4) is 0 Å². The third-order valence-corrected chi connectivity index (χ3v) is 5.72. The molecule has 0 unspecified atom stereocenters. The van der Waals surface area contributed by atoms with Crippen LogP contribution >= 0.6 is 23.2 Å². The van der Waals surface area contributed by atoms with E-state index in [1.54, 1.807) is 30.3 Å². The lowest BCUT2D eigenvalue weighted by Crippen LogP contribution is -2.27. The first-order chi connectivity index (χ1) is 16.5. The Labute approximate surface area is 206 Å². The van der Waals surface area contributed by atoms with E-state index in [-0.39, 0.29) is 5.56 Å². The molecule has 0 fully saturated rings. The molecule has 0 spiro atoms. The van der Waals surface area contributed by atoms with Crippen LogP contribution in [0.5, 0.6) is 0 Å². The smallest absolute Gasteiger partial charge is 0.337 e. The molecular formula is C25H22Cl2N4O3. The number of para-hydroxylation sites is 2. The van der Waals surface area contributed by atoms with Gasteiger partial charge in [0.2, 0.25) is 0 Å². The Hall–Kier alpha value is -3.55. The Bertz CT molecular complexity index is 1340. The number of alkyl halides is 2. The number of aromatic nitrogens is 1. The quantitative estimate of drug-likeness (QED) is 0.205. The summed E-state index contributed by atoms with van der Waals surface area (Å²) in [5, 5.41) is 16.6. The first-order valence-electron chi connectivity index (χ1n) is 10.6. The molecule has 1 heterocycles. The van der Waals surface area contributed by atoms with Crippen molar-refractivity contribution in [1.82, 2.24) is 4.98 Å². The fourth-order valence-corrected chi connectivity index (χ4v) is 4.23. The van der Waals surface area contributed by atoms with Crippen LogP contribution in [0.15, 0.2) is 66.7 Å². The molecule has 0 saturated carbocycles. The van der Waals surface area contributed by atoms with Crippen molar-refractivity contribution >= 4 is 74.1 Å². The Morgan fingerprint density at radius 3 is 2.21 bits per heavy atom. The number of fused-ring (bicyclic) bond motifs is 2. The molecular weight excluding hydrogens is 475 g/mol. The molecule has 0 radical (unpaired) electrons. The first-order valence-corrected chi connectivity index (χ1v) is 11.7. The molecule has 174 valence electrons. The molecule has 3 N–H and O–H groups in total. The Kier molecular flexibility index (Phi) is 7.35. The van der Waals surface area contributed by atoms with Gasteiger partial charge in [0.25, 0.3) is 0 Å². The molecule has 0 aliphatic heterocycles. The summed E-state index contributed by atoms with van der Waals surface area (Å²) < 4.78 is 0. The number of benzene rings is 3. The van der Waals surface area contributed by atoms with Crippen molar-refractivity contribution in [3.05, 3.63) is 72.3 Å². The molecule has 0 saturated heterocycles. The maximum atomic E-state index is 12.9. The summed E-state index contributed by atoms with van der Waals surface area (Å²) >= 11 is 11.8. The third kappa shape index (κ3) is 5.00. The van der Waals surface area contributed by atoms with Crippen LogP contribution in [0.4, 0.5) is 21.9 Å². The van der Waals surface area contributed by atoms with Gasteiger partial charge in [0.05, 0.1) is 22.3 Å². The summed E-state index contributed by atoms with van der Waals surface area (Å²) in [4.78, 5) is 31.2. The number of hydrogen-bond acceptors (Lipinski definition) is 4. The predicted octanol–water partition coefficient (Wildman–Crippen LogP) is 6.01. The van der Waals surface area contributed by atoms with Crippen molar-refractivity contribution in [1.29, 1.82) is 0 Å². The van der Waals surface area contributed by atoms with Crippen molar-refractivity contribution in [2.45, 2.75) is 0 Å². The fourth-order valence-electron chi connectivity index (χ4n) is 3.83. The van der Waals surface area contributed by atoms with E-state index in [0.717, 1.165) is 5.69 Å². The average molecular weight is 497 g/mol. The standard InChI is InChI=1S/C25H22Cl2N4O3/c26-12-14-31(15-13-27)17-10-8-16(9-11-17)28-25(34)30-22-18-4-1-2-7-21(18)29-23-19(22)5-3-6-20(23)24(32)33/h1-11H,12-15H2,(H,32,33)(H2,28,29,30,34). The molecule has 1 aromatic heterocycles. The van der Waals surface area contributed by atoms with Gasteiger partial charge in [-0.2, -0.15) is 0 Å². The molecule has 3 aromatic carbocycles. The number of amides is 2. The van der Waals surface area contributed by atoms with Gasteiger partial charge in [0.15, 0.2) is 0 Å². The summed E-state index contributed by atoms with van der Waals surface area (Å²) in [6, 6.07) is 19.1. The van der Waals surface area contributed by atoms with Gasteiger partial charge >= 0.3 is 12.0 Å². The van der Waals surface area contributed by atoms with Crippen LogP contribution in [0.2, 0.25) is 0 Å². The second kappa shape index (κ2) is 10.6. The number of pyridine rings is 1. The van der Waals surface area contributed by atoms with Crippen molar-refractivity contribution in [2.75, 3.05) is 40.4 Å². The van der Waals surface area contributed by atoms with Gasteiger partial charge in [-0.05, 0) is 36.4 Å². The highest BCUT2D eigenvalue weighted by Gasteiger charge is 2.17. The number of carbonyl (C=O) groups is 2. The summed E-state index contributed by atoms with van der Waals surface area (Å²) in [7, 11) is 0. The second-order valence-corrected chi connectivity index (χ2v) is 8.26. The Morgan fingerprint density at radius 1 is 0.853 bits per heavy atom. The van der Waals surface area contributed by atoms with Gasteiger partial charge in [-0.3, -0.25) is 0 Å². The minimum atomic E-state index is -1.08. The van der Waals surface area contributed by atoms with Crippen LogP contribution in [-0.4, -0.2) is 46.9 Å². The van der Waals surface area contributed by atoms with E-state index in [0.29, 0.717) is 58.0 Å².